The minimum atomic E-state index is -1.10. The third-order valence-electron chi connectivity index (χ3n) is 3.23. The summed E-state index contributed by atoms with van der Waals surface area (Å²) >= 11 is 1.35. The number of carbonyl (C=O) groups is 1. The second-order valence-corrected chi connectivity index (χ2v) is 5.90. The van der Waals surface area contributed by atoms with Gasteiger partial charge in [0.15, 0.2) is 5.16 Å². The first kappa shape index (κ1) is 14.0. The molecule has 0 fully saturated rings. The first-order valence-electron chi connectivity index (χ1n) is 6.27. The number of thioether (sulfide) groups is 1. The predicted molar refractivity (Wildman–Crippen MR) is 76.4 cm³/mol. The van der Waals surface area contributed by atoms with Gasteiger partial charge in [0.05, 0.1) is 10.7 Å². The minimum Gasteiger partial charge on any atom is -0.535 e. The Morgan fingerprint density at radius 2 is 2.38 bits per heavy atom. The lowest BCUT2D eigenvalue weighted by atomic mass is 9.77. The maximum Gasteiger partial charge on any atom is 0.537 e. The van der Waals surface area contributed by atoms with Crippen LogP contribution in [0.15, 0.2) is 29.7 Å². The van der Waals surface area contributed by atoms with E-state index < -0.39 is 13.1 Å². The van der Waals surface area contributed by atoms with Crippen LogP contribution in [-0.2, 0) is 13.5 Å². The lowest BCUT2D eigenvalue weighted by Gasteiger charge is -2.27. The van der Waals surface area contributed by atoms with Crippen LogP contribution < -0.4 is 4.65 Å². The maximum atomic E-state index is 11.2. The summed E-state index contributed by atoms with van der Waals surface area (Å²) in [5, 5.41) is 27.4. The minimum absolute atomic E-state index is 0.0636. The van der Waals surface area contributed by atoms with E-state index in [2.05, 4.69) is 10.2 Å². The largest absolute Gasteiger partial charge is 0.537 e. The highest BCUT2D eigenvalue weighted by Crippen LogP contribution is 2.35. The lowest BCUT2D eigenvalue weighted by Crippen LogP contribution is -2.41. The zero-order valence-corrected chi connectivity index (χ0v) is 11.9. The molecule has 108 valence electrons. The average molecular weight is 305 g/mol. The predicted octanol–water partition coefficient (Wildman–Crippen LogP) is 0.629. The first-order chi connectivity index (χ1) is 10.1. The van der Waals surface area contributed by atoms with Gasteiger partial charge in [0.1, 0.15) is 12.1 Å². The molecule has 21 heavy (non-hydrogen) atoms. The number of para-hydroxylation sites is 1. The van der Waals surface area contributed by atoms with Gasteiger partial charge in [-0.1, -0.05) is 23.9 Å². The smallest absolute Gasteiger partial charge is 0.535 e. The molecule has 2 aromatic rings. The van der Waals surface area contributed by atoms with Crippen molar-refractivity contribution in [2.45, 2.75) is 16.7 Å². The highest BCUT2D eigenvalue weighted by molar-refractivity contribution is 8.01. The van der Waals surface area contributed by atoms with Crippen LogP contribution in [0.4, 0.5) is 0 Å². The molecule has 0 saturated carbocycles. The van der Waals surface area contributed by atoms with E-state index in [-0.39, 0.29) is 16.5 Å². The summed E-state index contributed by atoms with van der Waals surface area (Å²) in [7, 11) is 0.717. The van der Waals surface area contributed by atoms with E-state index in [1.807, 2.05) is 7.05 Å². The molecule has 7 nitrogen and oxygen atoms in total. The number of fused-ring (bicyclic) bond motifs is 1. The van der Waals surface area contributed by atoms with Gasteiger partial charge in [-0.2, -0.15) is 0 Å². The van der Waals surface area contributed by atoms with Crippen molar-refractivity contribution >= 4 is 24.8 Å². The van der Waals surface area contributed by atoms with Crippen molar-refractivity contribution in [3.8, 4) is 5.75 Å². The van der Waals surface area contributed by atoms with Gasteiger partial charge in [0, 0.05) is 7.05 Å². The fourth-order valence-corrected chi connectivity index (χ4v) is 3.20. The van der Waals surface area contributed by atoms with E-state index in [9.17, 15) is 9.82 Å². The van der Waals surface area contributed by atoms with Crippen LogP contribution in [0.3, 0.4) is 0 Å². The molecule has 0 unspecified atom stereocenters. The van der Waals surface area contributed by atoms with Crippen LogP contribution in [-0.4, -0.2) is 43.1 Å². The number of aromatic carboxylic acids is 1. The Morgan fingerprint density at radius 1 is 1.57 bits per heavy atom. The Morgan fingerprint density at radius 3 is 3.05 bits per heavy atom. The van der Waals surface area contributed by atoms with Gasteiger partial charge in [-0.3, -0.25) is 0 Å². The molecule has 0 amide bonds. The third-order valence-corrected chi connectivity index (χ3v) is 4.51. The molecule has 0 aliphatic carbocycles. The molecular weight excluding hydrogens is 293 g/mol. The van der Waals surface area contributed by atoms with Crippen LogP contribution >= 0.6 is 11.8 Å². The molecule has 1 aliphatic rings. The van der Waals surface area contributed by atoms with Gasteiger partial charge in [-0.25, -0.2) is 4.79 Å². The standard InChI is InChI=1S/C12H12BN3O4S/c1-16-6-14-15-12(16)21-9-5-7-3-2-4-8(11(17)18)10(7)20-13(9)19/h2-4,6,9,19H,5H2,1H3,(H,17,18)/t9-/m0/s1. The fourth-order valence-electron chi connectivity index (χ4n) is 2.18. The van der Waals surface area contributed by atoms with E-state index >= 15 is 0 Å². The summed E-state index contributed by atoms with van der Waals surface area (Å²) in [5.41, 5.74) is 0.827. The summed E-state index contributed by atoms with van der Waals surface area (Å²) < 4.78 is 7.17. The molecule has 0 radical (unpaired) electrons. The van der Waals surface area contributed by atoms with Crippen molar-refractivity contribution in [3.63, 3.8) is 0 Å². The zero-order valence-electron chi connectivity index (χ0n) is 11.1. The van der Waals surface area contributed by atoms with Gasteiger partial charge in [0.2, 0.25) is 0 Å². The molecule has 0 bridgehead atoms. The molecule has 0 spiro atoms. The number of hydrogen-bond acceptors (Lipinski definition) is 6. The number of rotatable bonds is 3. The molecule has 1 aromatic carbocycles. The summed E-state index contributed by atoms with van der Waals surface area (Å²) in [4.78, 5) is 11.2. The van der Waals surface area contributed by atoms with Crippen LogP contribution in [0.5, 0.6) is 5.75 Å². The normalized spacial score (nSPS) is 17.2. The van der Waals surface area contributed by atoms with E-state index in [4.69, 9.17) is 9.76 Å². The van der Waals surface area contributed by atoms with Crippen molar-refractivity contribution in [1.82, 2.24) is 14.8 Å². The molecule has 2 N–H and O–H groups in total. The SMILES string of the molecule is Cn1cnnc1S[C@H]1Cc2cccc(C(=O)O)c2OB1O. The number of aromatic nitrogens is 3. The average Bonchev–Trinajstić information content (AvgIpc) is 2.84. The molecule has 1 aromatic heterocycles. The molecule has 3 rings (SSSR count). The van der Waals surface area contributed by atoms with Crippen molar-refractivity contribution in [2.75, 3.05) is 0 Å². The summed E-state index contributed by atoms with van der Waals surface area (Å²) in [6, 6.07) is 4.94. The first-order valence-corrected chi connectivity index (χ1v) is 7.15. The summed E-state index contributed by atoms with van der Waals surface area (Å²) in [6.07, 6.45) is 2.07. The van der Waals surface area contributed by atoms with Crippen molar-refractivity contribution < 1.29 is 19.6 Å². The third kappa shape index (κ3) is 2.61. The molecule has 9 heteroatoms. The Labute approximate surface area is 125 Å². The molecular formula is C12H12BN3O4S. The molecule has 2 heterocycles. The van der Waals surface area contributed by atoms with Crippen molar-refractivity contribution in [1.29, 1.82) is 0 Å². The van der Waals surface area contributed by atoms with Gasteiger partial charge in [-0.05, 0) is 18.1 Å². The molecule has 0 saturated heterocycles. The van der Waals surface area contributed by atoms with Crippen LogP contribution in [0.2, 0.25) is 0 Å². The maximum absolute atomic E-state index is 11.2. The number of aryl methyl sites for hydroxylation is 1. The number of nitrogens with zero attached hydrogens (tertiary/aromatic N) is 3. The van der Waals surface area contributed by atoms with Crippen molar-refractivity contribution in [2.24, 2.45) is 7.05 Å². The Bertz CT molecular complexity index is 693. The number of hydrogen-bond donors (Lipinski definition) is 2. The fraction of sp³-hybridized carbons (Fsp3) is 0.250. The molecule has 1 atom stereocenters. The van der Waals surface area contributed by atoms with Crippen molar-refractivity contribution in [3.05, 3.63) is 35.7 Å². The zero-order chi connectivity index (χ0) is 15.0. The molecule has 1 aliphatic heterocycles. The van der Waals surface area contributed by atoms with E-state index in [0.717, 1.165) is 5.56 Å². The summed E-state index contributed by atoms with van der Waals surface area (Å²) in [5.74, 6) is -0.828. The Hall–Kier alpha value is -2.00. The van der Waals surface area contributed by atoms with Gasteiger partial charge >= 0.3 is 13.1 Å². The van der Waals surface area contributed by atoms with E-state index in [0.29, 0.717) is 11.6 Å². The Kier molecular flexibility index (Phi) is 3.60. The quantitative estimate of drug-likeness (QED) is 0.803. The second kappa shape index (κ2) is 5.42. The van der Waals surface area contributed by atoms with Crippen LogP contribution in [0.25, 0.3) is 0 Å². The second-order valence-electron chi connectivity index (χ2n) is 4.69. The number of benzene rings is 1. The monoisotopic (exact) mass is 305 g/mol. The summed E-state index contributed by atoms with van der Waals surface area (Å²) in [6.45, 7) is 0. The van der Waals surface area contributed by atoms with Gasteiger partial charge in [-0.15, -0.1) is 10.2 Å². The van der Waals surface area contributed by atoms with Gasteiger partial charge in [0.25, 0.3) is 0 Å². The van der Waals surface area contributed by atoms with E-state index in [1.54, 1.807) is 23.0 Å². The number of carboxylic acids is 1. The van der Waals surface area contributed by atoms with E-state index in [1.165, 1.54) is 17.8 Å². The lowest BCUT2D eigenvalue weighted by molar-refractivity contribution is 0.0694. The van der Waals surface area contributed by atoms with Gasteiger partial charge < -0.3 is 19.4 Å². The Balaban J connectivity index is 1.87. The highest BCUT2D eigenvalue weighted by Gasteiger charge is 2.38. The van der Waals surface area contributed by atoms with Crippen LogP contribution in [0.1, 0.15) is 15.9 Å². The highest BCUT2D eigenvalue weighted by atomic mass is 32.2. The van der Waals surface area contributed by atoms with Crippen LogP contribution in [0, 0.1) is 0 Å². The number of carboxylic acid groups (broad SMARTS) is 1. The topological polar surface area (TPSA) is 97.5 Å².